The monoisotopic (exact) mass is 241 g/mol. The fourth-order valence-electron chi connectivity index (χ4n) is 1.79. The molecule has 0 N–H and O–H groups in total. The molecule has 0 radical (unpaired) electrons. The van der Waals surface area contributed by atoms with Crippen LogP contribution in [0.15, 0.2) is 33.5 Å². The zero-order valence-electron chi connectivity index (χ0n) is 7.77. The summed E-state index contributed by atoms with van der Waals surface area (Å²) >= 11 is 5.92. The van der Waals surface area contributed by atoms with Crippen molar-refractivity contribution in [2.24, 2.45) is 0 Å². The van der Waals surface area contributed by atoms with E-state index in [-0.39, 0.29) is 4.36 Å². The van der Waals surface area contributed by atoms with Gasteiger partial charge >= 0.3 is 0 Å². The van der Waals surface area contributed by atoms with Gasteiger partial charge < -0.3 is 4.90 Å². The first-order valence-corrected chi connectivity index (χ1v) is 6.48. The highest BCUT2D eigenvalue weighted by atomic mass is 35.5. The average Bonchev–Trinajstić information content (AvgIpc) is 3.00. The smallest absolute Gasteiger partial charge is 0.220 e. The van der Waals surface area contributed by atoms with Crippen molar-refractivity contribution < 1.29 is 8.42 Å². The topological polar surface area (TPSA) is 37.1 Å². The molecule has 0 bridgehead atoms. The number of hydrogen-bond donors (Lipinski definition) is 0. The molecule has 3 rings (SSSR count). The van der Waals surface area contributed by atoms with E-state index in [0.717, 1.165) is 18.7 Å². The molecule has 3 nitrogen and oxygen atoms in total. The van der Waals surface area contributed by atoms with Crippen LogP contribution in [-0.2, 0) is 9.84 Å². The molecule has 0 aromatic heterocycles. The van der Waals surface area contributed by atoms with Gasteiger partial charge in [0.2, 0.25) is 9.84 Å². The van der Waals surface area contributed by atoms with Gasteiger partial charge in [-0.1, -0.05) is 29.8 Å². The molecule has 0 aliphatic carbocycles. The summed E-state index contributed by atoms with van der Waals surface area (Å²) in [4.78, 5) is 2.29. The van der Waals surface area contributed by atoms with Crippen molar-refractivity contribution in [3.05, 3.63) is 34.2 Å². The third-order valence-electron chi connectivity index (χ3n) is 2.62. The van der Waals surface area contributed by atoms with E-state index in [9.17, 15) is 8.42 Å². The summed E-state index contributed by atoms with van der Waals surface area (Å²) < 4.78 is 23.8. The van der Waals surface area contributed by atoms with Crippen LogP contribution < -0.4 is 0 Å². The Hall–Kier alpha value is -1.00. The second-order valence-electron chi connectivity index (χ2n) is 3.61. The highest BCUT2D eigenvalue weighted by Crippen LogP contribution is 2.44. The van der Waals surface area contributed by atoms with Crippen LogP contribution in [0.25, 0.3) is 5.70 Å². The Morgan fingerprint density at radius 2 is 1.87 bits per heavy atom. The van der Waals surface area contributed by atoms with Crippen molar-refractivity contribution in [3.8, 4) is 0 Å². The van der Waals surface area contributed by atoms with Crippen LogP contribution >= 0.6 is 11.6 Å². The van der Waals surface area contributed by atoms with Crippen molar-refractivity contribution in [2.45, 2.75) is 4.90 Å². The Morgan fingerprint density at radius 1 is 1.20 bits per heavy atom. The molecule has 2 aliphatic heterocycles. The second-order valence-corrected chi connectivity index (χ2v) is 6.07. The lowest BCUT2D eigenvalue weighted by Gasteiger charge is -2.04. The lowest BCUT2D eigenvalue weighted by atomic mass is 10.2. The summed E-state index contributed by atoms with van der Waals surface area (Å²) in [6.45, 7) is 1.77. The van der Waals surface area contributed by atoms with Gasteiger partial charge in [-0.2, -0.15) is 0 Å². The third kappa shape index (κ3) is 1.15. The van der Waals surface area contributed by atoms with E-state index in [1.54, 1.807) is 18.2 Å². The van der Waals surface area contributed by atoms with Gasteiger partial charge in [-0.3, -0.25) is 0 Å². The van der Waals surface area contributed by atoms with Gasteiger partial charge in [0.25, 0.3) is 0 Å². The molecule has 0 amide bonds. The van der Waals surface area contributed by atoms with Gasteiger partial charge in [0, 0.05) is 18.7 Å². The largest absolute Gasteiger partial charge is 0.366 e. The average molecular weight is 242 g/mol. The highest BCUT2D eigenvalue weighted by Gasteiger charge is 2.39. The predicted octanol–water partition coefficient (Wildman–Crippen LogP) is 1.65. The summed E-state index contributed by atoms with van der Waals surface area (Å²) in [6, 6.07) is 6.94. The standard InChI is InChI=1S/C10H8ClNO2S/c11-10-9(12-5-6-12)7-3-1-2-4-8(7)15(10,13)14/h1-4H,5-6H2. The number of sulfone groups is 1. The Balaban J connectivity index is 2.35. The summed E-state index contributed by atoms with van der Waals surface area (Å²) in [5, 5.41) is 0. The first kappa shape index (κ1) is 9.24. The van der Waals surface area contributed by atoms with Gasteiger partial charge in [0.1, 0.15) is 0 Å². The maximum Gasteiger partial charge on any atom is 0.220 e. The summed E-state index contributed by atoms with van der Waals surface area (Å²) in [7, 11) is -3.44. The molecule has 0 spiro atoms. The second kappa shape index (κ2) is 2.77. The molecule has 1 aromatic carbocycles. The Morgan fingerprint density at radius 3 is 2.53 bits per heavy atom. The molecular weight excluding hydrogens is 234 g/mol. The van der Waals surface area contributed by atoms with Crippen LogP contribution in [0.2, 0.25) is 0 Å². The van der Waals surface area contributed by atoms with Gasteiger partial charge in [-0.05, 0) is 6.07 Å². The number of halogens is 1. The molecule has 5 heteroatoms. The fraction of sp³-hybridized carbons (Fsp3) is 0.200. The minimum atomic E-state index is -3.44. The van der Waals surface area contributed by atoms with Crippen LogP contribution in [0.3, 0.4) is 0 Å². The molecule has 2 aliphatic rings. The molecule has 1 saturated heterocycles. The number of fused-ring (bicyclic) bond motifs is 1. The number of nitrogens with zero attached hydrogens (tertiary/aromatic N) is 1. The summed E-state index contributed by atoms with van der Waals surface area (Å²) in [5.74, 6) is 0. The van der Waals surface area contributed by atoms with Gasteiger partial charge in [-0.25, -0.2) is 8.42 Å². The minimum Gasteiger partial charge on any atom is -0.366 e. The first-order valence-electron chi connectivity index (χ1n) is 4.61. The summed E-state index contributed by atoms with van der Waals surface area (Å²) in [6.07, 6.45) is 0. The number of benzene rings is 1. The van der Waals surface area contributed by atoms with Crippen molar-refractivity contribution in [2.75, 3.05) is 13.1 Å². The molecular formula is C10H8ClNO2S. The zero-order chi connectivity index (χ0) is 10.6. The van der Waals surface area contributed by atoms with Crippen LogP contribution in [0.4, 0.5) is 0 Å². The van der Waals surface area contributed by atoms with Crippen molar-refractivity contribution in [1.29, 1.82) is 0 Å². The van der Waals surface area contributed by atoms with Crippen LogP contribution in [0.5, 0.6) is 0 Å². The van der Waals surface area contributed by atoms with Crippen molar-refractivity contribution in [1.82, 2.24) is 4.90 Å². The van der Waals surface area contributed by atoms with Crippen molar-refractivity contribution in [3.63, 3.8) is 0 Å². The van der Waals surface area contributed by atoms with Crippen LogP contribution in [0, 0.1) is 0 Å². The lowest BCUT2D eigenvalue weighted by Crippen LogP contribution is -1.96. The van der Waals surface area contributed by atoms with E-state index < -0.39 is 9.84 Å². The SMILES string of the molecule is O=S1(=O)C(Cl)=C(N2CC2)c2ccccc21. The molecule has 78 valence electrons. The third-order valence-corrected chi connectivity index (χ3v) is 5.01. The highest BCUT2D eigenvalue weighted by molar-refractivity contribution is 7.97. The van der Waals surface area contributed by atoms with E-state index in [1.165, 1.54) is 0 Å². The normalized spacial score (nSPS) is 21.8. The molecule has 2 heterocycles. The van der Waals surface area contributed by atoms with E-state index >= 15 is 0 Å². The molecule has 0 unspecified atom stereocenters. The Bertz CT molecular complexity index is 573. The van der Waals surface area contributed by atoms with Gasteiger partial charge in [0.05, 0.1) is 10.6 Å². The van der Waals surface area contributed by atoms with Gasteiger partial charge in [0.15, 0.2) is 4.36 Å². The van der Waals surface area contributed by atoms with E-state index in [0.29, 0.717) is 10.6 Å². The molecule has 0 atom stereocenters. The molecule has 1 aromatic rings. The van der Waals surface area contributed by atoms with E-state index in [2.05, 4.69) is 0 Å². The summed E-state index contributed by atoms with van der Waals surface area (Å²) in [5.41, 5.74) is 1.41. The van der Waals surface area contributed by atoms with E-state index in [1.807, 2.05) is 11.0 Å². The van der Waals surface area contributed by atoms with Crippen LogP contribution in [0.1, 0.15) is 5.56 Å². The molecule has 15 heavy (non-hydrogen) atoms. The number of hydrogen-bond acceptors (Lipinski definition) is 3. The fourth-order valence-corrected chi connectivity index (χ4v) is 3.66. The molecule has 1 fully saturated rings. The minimum absolute atomic E-state index is 0.0267. The first-order chi connectivity index (χ1) is 7.12. The van der Waals surface area contributed by atoms with Crippen LogP contribution in [-0.4, -0.2) is 26.4 Å². The quantitative estimate of drug-likeness (QED) is 0.702. The number of rotatable bonds is 1. The maximum atomic E-state index is 11.9. The van der Waals surface area contributed by atoms with Gasteiger partial charge in [-0.15, -0.1) is 0 Å². The Kier molecular flexibility index (Phi) is 1.71. The van der Waals surface area contributed by atoms with E-state index in [4.69, 9.17) is 11.6 Å². The lowest BCUT2D eigenvalue weighted by molar-refractivity contribution is 0.605. The Labute approximate surface area is 92.9 Å². The predicted molar refractivity (Wildman–Crippen MR) is 58.0 cm³/mol. The molecule has 0 saturated carbocycles. The van der Waals surface area contributed by atoms with Crippen molar-refractivity contribution >= 4 is 27.1 Å². The maximum absolute atomic E-state index is 11.9. The zero-order valence-corrected chi connectivity index (χ0v) is 9.35.